The van der Waals surface area contributed by atoms with Crippen molar-refractivity contribution in [3.63, 3.8) is 0 Å². The number of hydrogen-bond donors (Lipinski definition) is 1. The molecule has 0 fully saturated rings. The molecule has 0 spiro atoms. The summed E-state index contributed by atoms with van der Waals surface area (Å²) in [5, 5.41) is 10.6. The molecule has 1 aromatic heterocycles. The fraction of sp³-hybridized carbons (Fsp3) is 0.167. The molecular formula is C18H16ClFN4O. The number of aryl methyl sites for hydroxylation is 2. The van der Waals surface area contributed by atoms with Gasteiger partial charge in [-0.3, -0.25) is 4.79 Å². The smallest absolute Gasteiger partial charge is 0.273 e. The fourth-order valence-corrected chi connectivity index (χ4v) is 2.49. The van der Waals surface area contributed by atoms with Gasteiger partial charge in [0.05, 0.1) is 16.9 Å². The molecule has 0 saturated carbocycles. The monoisotopic (exact) mass is 358 g/mol. The van der Waals surface area contributed by atoms with Crippen LogP contribution in [0.1, 0.15) is 27.2 Å². The molecule has 0 aliphatic heterocycles. The molecule has 3 rings (SSSR count). The van der Waals surface area contributed by atoms with Gasteiger partial charge >= 0.3 is 0 Å². The number of rotatable bonds is 4. The summed E-state index contributed by atoms with van der Waals surface area (Å²) in [6, 6.07) is 10.2. The molecule has 1 heterocycles. The van der Waals surface area contributed by atoms with E-state index in [1.54, 1.807) is 16.9 Å². The molecule has 0 atom stereocenters. The third-order valence-corrected chi connectivity index (χ3v) is 4.21. The van der Waals surface area contributed by atoms with Gasteiger partial charge in [0.15, 0.2) is 5.69 Å². The predicted molar refractivity (Wildman–Crippen MR) is 93.4 cm³/mol. The second-order valence-corrected chi connectivity index (χ2v) is 6.16. The fourth-order valence-electron chi connectivity index (χ4n) is 2.28. The highest BCUT2D eigenvalue weighted by molar-refractivity contribution is 6.30. The number of carbonyl (C=O) groups excluding carboxylic acids is 1. The standard InChI is InChI=1S/C18H16ClFN4O/c1-11-3-5-14(7-12(11)2)24-10-17(22-23-24)18(25)21-9-13-4-6-16(20)15(19)8-13/h3-8,10H,9H2,1-2H3,(H,21,25). The third-order valence-electron chi connectivity index (χ3n) is 3.92. The van der Waals surface area contributed by atoms with Gasteiger partial charge < -0.3 is 5.32 Å². The molecule has 0 bridgehead atoms. The summed E-state index contributed by atoms with van der Waals surface area (Å²) in [5.74, 6) is -0.858. The maximum atomic E-state index is 13.1. The molecule has 0 aliphatic carbocycles. The van der Waals surface area contributed by atoms with E-state index < -0.39 is 5.82 Å². The number of nitrogens with one attached hydrogen (secondary N) is 1. The number of carbonyl (C=O) groups is 1. The predicted octanol–water partition coefficient (Wildman–Crippen LogP) is 3.61. The first-order valence-corrected chi connectivity index (χ1v) is 8.04. The minimum Gasteiger partial charge on any atom is -0.347 e. The molecule has 128 valence electrons. The minimum atomic E-state index is -0.493. The van der Waals surface area contributed by atoms with Crippen LogP contribution in [0.3, 0.4) is 0 Å². The largest absolute Gasteiger partial charge is 0.347 e. The first-order valence-electron chi connectivity index (χ1n) is 7.66. The summed E-state index contributed by atoms with van der Waals surface area (Å²) in [5.41, 5.74) is 4.04. The summed E-state index contributed by atoms with van der Waals surface area (Å²) in [6.07, 6.45) is 1.57. The maximum absolute atomic E-state index is 13.1. The Labute approximate surface area is 149 Å². The first kappa shape index (κ1) is 17.1. The Hall–Kier alpha value is -2.73. The molecule has 0 radical (unpaired) electrons. The zero-order valence-electron chi connectivity index (χ0n) is 13.8. The van der Waals surface area contributed by atoms with E-state index in [0.717, 1.165) is 11.3 Å². The van der Waals surface area contributed by atoms with E-state index in [9.17, 15) is 9.18 Å². The van der Waals surface area contributed by atoms with Crippen molar-refractivity contribution >= 4 is 17.5 Å². The SMILES string of the molecule is Cc1ccc(-n2cc(C(=O)NCc3ccc(F)c(Cl)c3)nn2)cc1C. The van der Waals surface area contributed by atoms with Crippen molar-refractivity contribution in [3.05, 3.63) is 75.8 Å². The van der Waals surface area contributed by atoms with Crippen LogP contribution in [-0.2, 0) is 6.54 Å². The van der Waals surface area contributed by atoms with E-state index in [-0.39, 0.29) is 23.2 Å². The van der Waals surface area contributed by atoms with E-state index in [1.807, 2.05) is 32.0 Å². The Morgan fingerprint density at radius 3 is 2.72 bits per heavy atom. The van der Waals surface area contributed by atoms with Crippen LogP contribution >= 0.6 is 11.6 Å². The molecule has 3 aromatic rings. The summed E-state index contributed by atoms with van der Waals surface area (Å²) in [7, 11) is 0. The van der Waals surface area contributed by atoms with Crippen LogP contribution in [0.25, 0.3) is 5.69 Å². The Morgan fingerprint density at radius 1 is 1.20 bits per heavy atom. The van der Waals surface area contributed by atoms with Crippen molar-refractivity contribution in [2.24, 2.45) is 0 Å². The molecule has 0 unspecified atom stereocenters. The van der Waals surface area contributed by atoms with Crippen LogP contribution in [0.4, 0.5) is 4.39 Å². The van der Waals surface area contributed by atoms with Gasteiger partial charge in [0.1, 0.15) is 5.82 Å². The third kappa shape index (κ3) is 3.85. The Morgan fingerprint density at radius 2 is 2.00 bits per heavy atom. The van der Waals surface area contributed by atoms with Crippen LogP contribution < -0.4 is 5.32 Å². The number of aromatic nitrogens is 3. The van der Waals surface area contributed by atoms with Gasteiger partial charge in [0, 0.05) is 6.54 Å². The van der Waals surface area contributed by atoms with Gasteiger partial charge in [-0.1, -0.05) is 28.9 Å². The Balaban J connectivity index is 1.69. The number of amides is 1. The van der Waals surface area contributed by atoms with Crippen molar-refractivity contribution in [3.8, 4) is 5.69 Å². The highest BCUT2D eigenvalue weighted by Crippen LogP contribution is 2.16. The molecule has 0 aliphatic rings. The highest BCUT2D eigenvalue weighted by Gasteiger charge is 2.12. The van der Waals surface area contributed by atoms with Crippen LogP contribution in [0, 0.1) is 19.7 Å². The topological polar surface area (TPSA) is 59.8 Å². The lowest BCUT2D eigenvalue weighted by Crippen LogP contribution is -2.23. The average Bonchev–Trinajstić information content (AvgIpc) is 3.08. The van der Waals surface area contributed by atoms with Gasteiger partial charge in [-0.25, -0.2) is 9.07 Å². The molecular weight excluding hydrogens is 343 g/mol. The number of nitrogens with zero attached hydrogens (tertiary/aromatic N) is 3. The van der Waals surface area contributed by atoms with E-state index in [1.165, 1.54) is 17.7 Å². The van der Waals surface area contributed by atoms with Crippen molar-refractivity contribution in [2.75, 3.05) is 0 Å². The Kier molecular flexibility index (Phi) is 4.81. The van der Waals surface area contributed by atoms with Gasteiger partial charge in [-0.05, 0) is 54.8 Å². The molecule has 0 saturated heterocycles. The maximum Gasteiger partial charge on any atom is 0.273 e. The molecule has 1 N–H and O–H groups in total. The minimum absolute atomic E-state index is 0.0208. The summed E-state index contributed by atoms with van der Waals surface area (Å²) in [6.45, 7) is 4.26. The van der Waals surface area contributed by atoms with Crippen molar-refractivity contribution < 1.29 is 9.18 Å². The van der Waals surface area contributed by atoms with Crippen molar-refractivity contribution in [1.29, 1.82) is 0 Å². The summed E-state index contributed by atoms with van der Waals surface area (Å²) >= 11 is 5.73. The van der Waals surface area contributed by atoms with Gasteiger partial charge in [0.2, 0.25) is 0 Å². The van der Waals surface area contributed by atoms with E-state index in [2.05, 4.69) is 15.6 Å². The zero-order valence-corrected chi connectivity index (χ0v) is 14.5. The van der Waals surface area contributed by atoms with Gasteiger partial charge in [-0.15, -0.1) is 5.10 Å². The quantitative estimate of drug-likeness (QED) is 0.775. The lowest BCUT2D eigenvalue weighted by Gasteiger charge is -2.05. The lowest BCUT2D eigenvalue weighted by molar-refractivity contribution is 0.0946. The van der Waals surface area contributed by atoms with Crippen molar-refractivity contribution in [2.45, 2.75) is 20.4 Å². The van der Waals surface area contributed by atoms with Gasteiger partial charge in [0.25, 0.3) is 5.91 Å². The second kappa shape index (κ2) is 7.03. The second-order valence-electron chi connectivity index (χ2n) is 5.75. The Bertz CT molecular complexity index is 939. The average molecular weight is 359 g/mol. The molecule has 5 nitrogen and oxygen atoms in total. The highest BCUT2D eigenvalue weighted by atomic mass is 35.5. The van der Waals surface area contributed by atoms with Crippen LogP contribution in [0.2, 0.25) is 5.02 Å². The molecule has 2 aromatic carbocycles. The zero-order chi connectivity index (χ0) is 18.0. The van der Waals surface area contributed by atoms with E-state index >= 15 is 0 Å². The summed E-state index contributed by atoms with van der Waals surface area (Å²) in [4.78, 5) is 12.2. The van der Waals surface area contributed by atoms with Crippen molar-refractivity contribution in [1.82, 2.24) is 20.3 Å². The van der Waals surface area contributed by atoms with Gasteiger partial charge in [-0.2, -0.15) is 0 Å². The normalized spacial score (nSPS) is 10.7. The number of halogens is 2. The first-order chi connectivity index (χ1) is 11.9. The number of hydrogen-bond acceptors (Lipinski definition) is 3. The van der Waals surface area contributed by atoms with Crippen LogP contribution in [-0.4, -0.2) is 20.9 Å². The summed E-state index contributed by atoms with van der Waals surface area (Å²) < 4.78 is 14.7. The molecule has 7 heteroatoms. The van der Waals surface area contributed by atoms with Crippen LogP contribution in [0.15, 0.2) is 42.6 Å². The number of benzene rings is 2. The van der Waals surface area contributed by atoms with E-state index in [0.29, 0.717) is 5.56 Å². The lowest BCUT2D eigenvalue weighted by atomic mass is 10.1. The van der Waals surface area contributed by atoms with Crippen LogP contribution in [0.5, 0.6) is 0 Å². The van der Waals surface area contributed by atoms with E-state index in [4.69, 9.17) is 11.6 Å². The molecule has 1 amide bonds. The molecule has 25 heavy (non-hydrogen) atoms.